The second-order valence-electron chi connectivity index (χ2n) is 11.5. The Labute approximate surface area is 165 Å². The number of nitrogens with one attached hydrogen (secondary N) is 1. The first-order chi connectivity index (χ1) is 12.3. The van der Waals surface area contributed by atoms with Gasteiger partial charge in [0.1, 0.15) is 5.82 Å². The van der Waals surface area contributed by atoms with Gasteiger partial charge < -0.3 is 10.2 Å². The van der Waals surface area contributed by atoms with Gasteiger partial charge in [0.25, 0.3) is 0 Å². The highest BCUT2D eigenvalue weighted by atomic mass is 16.1. The monoisotopic (exact) mass is 373 g/mol. The molecule has 1 aromatic heterocycles. The lowest BCUT2D eigenvalue weighted by molar-refractivity contribution is 0.162. The molecule has 3 heterocycles. The summed E-state index contributed by atoms with van der Waals surface area (Å²) in [6.45, 7) is 18.4. The Kier molecular flexibility index (Phi) is 4.82. The van der Waals surface area contributed by atoms with Crippen molar-refractivity contribution in [1.29, 1.82) is 0 Å². The number of rotatable bonds is 3. The van der Waals surface area contributed by atoms with Crippen LogP contribution in [0, 0.1) is 0 Å². The Bertz CT molecular complexity index is 679. The van der Waals surface area contributed by atoms with Crippen LogP contribution in [0.2, 0.25) is 0 Å². The van der Waals surface area contributed by atoms with Crippen LogP contribution in [0.4, 0.5) is 5.82 Å². The minimum absolute atomic E-state index is 0.0464. The number of nitrogens with zero attached hydrogens (tertiary/aromatic N) is 2. The Morgan fingerprint density at radius 2 is 1.48 bits per heavy atom. The summed E-state index contributed by atoms with van der Waals surface area (Å²) in [7, 11) is 0. The van der Waals surface area contributed by atoms with Crippen LogP contribution in [-0.4, -0.2) is 33.1 Å². The Morgan fingerprint density at radius 3 is 1.96 bits per heavy atom. The van der Waals surface area contributed by atoms with Gasteiger partial charge in [-0.2, -0.15) is 0 Å². The molecule has 0 aromatic carbocycles. The van der Waals surface area contributed by atoms with Gasteiger partial charge >= 0.3 is 0 Å². The molecule has 0 radical (unpaired) electrons. The summed E-state index contributed by atoms with van der Waals surface area (Å²) in [5, 5.41) is 3.77. The van der Waals surface area contributed by atoms with Crippen LogP contribution in [0.1, 0.15) is 99.0 Å². The molecule has 2 fully saturated rings. The molecule has 0 spiro atoms. The molecule has 2 aliphatic heterocycles. The Hall–Kier alpha value is -1.29. The maximum atomic E-state index is 12.0. The van der Waals surface area contributed by atoms with E-state index in [1.54, 1.807) is 0 Å². The topological polar surface area (TPSA) is 37.3 Å². The summed E-state index contributed by atoms with van der Waals surface area (Å²) in [6, 6.07) is 2.30. The van der Waals surface area contributed by atoms with E-state index in [4.69, 9.17) is 0 Å². The van der Waals surface area contributed by atoms with Crippen molar-refractivity contribution in [3.05, 3.63) is 17.8 Å². The first-order valence-corrected chi connectivity index (χ1v) is 10.5. The number of hydrogen-bond donors (Lipinski definition) is 1. The summed E-state index contributed by atoms with van der Waals surface area (Å²) in [5.41, 5.74) is 1.59. The third-order valence-corrected chi connectivity index (χ3v) is 6.64. The molecule has 0 atom stereocenters. The average molecular weight is 374 g/mol. The second-order valence-corrected chi connectivity index (χ2v) is 11.5. The van der Waals surface area contributed by atoms with Gasteiger partial charge in [-0.25, -0.2) is 0 Å². The van der Waals surface area contributed by atoms with Crippen LogP contribution in [0.15, 0.2) is 12.3 Å². The smallest absolute Gasteiger partial charge is 0.219 e. The molecule has 1 aromatic rings. The van der Waals surface area contributed by atoms with Gasteiger partial charge in [-0.3, -0.25) is 9.36 Å². The van der Waals surface area contributed by atoms with Crippen LogP contribution < -0.4 is 10.2 Å². The van der Waals surface area contributed by atoms with E-state index in [1.807, 2.05) is 4.57 Å². The van der Waals surface area contributed by atoms with E-state index in [1.165, 1.54) is 12.0 Å². The van der Waals surface area contributed by atoms with Crippen molar-refractivity contribution in [2.45, 2.75) is 116 Å². The molecule has 2 saturated heterocycles. The number of carbonyl (C=O) groups excluding carboxylic acids is 1. The molecule has 0 unspecified atom stereocenters. The molecule has 27 heavy (non-hydrogen) atoms. The van der Waals surface area contributed by atoms with Gasteiger partial charge in [0.15, 0.2) is 0 Å². The predicted octanol–water partition coefficient (Wildman–Crippen LogP) is 5.10. The largest absolute Gasteiger partial charge is 0.347 e. The van der Waals surface area contributed by atoms with E-state index in [2.05, 4.69) is 77.9 Å². The third-order valence-electron chi connectivity index (χ3n) is 6.64. The van der Waals surface area contributed by atoms with Crippen LogP contribution in [0.25, 0.3) is 0 Å². The van der Waals surface area contributed by atoms with Gasteiger partial charge in [-0.15, -0.1) is 0 Å². The van der Waals surface area contributed by atoms with Crippen LogP contribution in [-0.2, 0) is 4.79 Å². The molecule has 3 rings (SSSR count). The van der Waals surface area contributed by atoms with Crippen molar-refractivity contribution in [2.24, 2.45) is 0 Å². The predicted molar refractivity (Wildman–Crippen MR) is 114 cm³/mol. The minimum atomic E-state index is 0.0464. The zero-order valence-electron chi connectivity index (χ0n) is 18.6. The summed E-state index contributed by atoms with van der Waals surface area (Å²) < 4.78 is 1.83. The average Bonchev–Trinajstić information content (AvgIpc) is 2.85. The van der Waals surface area contributed by atoms with E-state index in [9.17, 15) is 4.79 Å². The van der Waals surface area contributed by atoms with Gasteiger partial charge in [0.2, 0.25) is 6.41 Å². The van der Waals surface area contributed by atoms with Crippen molar-refractivity contribution in [1.82, 2.24) is 9.88 Å². The van der Waals surface area contributed by atoms with Crippen molar-refractivity contribution in [2.75, 3.05) is 4.90 Å². The van der Waals surface area contributed by atoms with Crippen molar-refractivity contribution >= 4 is 12.2 Å². The van der Waals surface area contributed by atoms with E-state index >= 15 is 0 Å². The zero-order valence-corrected chi connectivity index (χ0v) is 18.6. The molecular formula is C23H39N3O. The maximum absolute atomic E-state index is 12.0. The fourth-order valence-corrected chi connectivity index (χ4v) is 6.15. The minimum Gasteiger partial charge on any atom is -0.347 e. The van der Waals surface area contributed by atoms with E-state index in [-0.39, 0.29) is 22.2 Å². The van der Waals surface area contributed by atoms with Crippen LogP contribution >= 0.6 is 0 Å². The molecule has 152 valence electrons. The number of hydrogen-bond acceptors (Lipinski definition) is 3. The maximum Gasteiger partial charge on any atom is 0.219 e. The molecule has 4 heteroatoms. The highest BCUT2D eigenvalue weighted by Crippen LogP contribution is 2.45. The first kappa shape index (κ1) is 20.4. The standard InChI is InChI=1S/C23H39N3O/c1-20(2)13-18(14-21(3,4)24-20)17-12-19(25(15-17)16-27)26-22(5,6)10-9-11-23(26,7)8/h12,15-16,18,24H,9-11,13-14H2,1-8H3. The summed E-state index contributed by atoms with van der Waals surface area (Å²) in [6.07, 6.45) is 8.80. The number of piperidine rings is 2. The first-order valence-electron chi connectivity index (χ1n) is 10.5. The molecule has 0 saturated carbocycles. The molecular weight excluding hydrogens is 334 g/mol. The Morgan fingerprint density at radius 1 is 0.963 bits per heavy atom. The lowest BCUT2D eigenvalue weighted by Gasteiger charge is -2.54. The lowest BCUT2D eigenvalue weighted by Crippen LogP contribution is -2.59. The second kappa shape index (κ2) is 6.37. The van der Waals surface area contributed by atoms with Crippen molar-refractivity contribution in [3.63, 3.8) is 0 Å². The van der Waals surface area contributed by atoms with Crippen LogP contribution in [0.3, 0.4) is 0 Å². The fraction of sp³-hybridized carbons (Fsp3) is 0.783. The van der Waals surface area contributed by atoms with Crippen LogP contribution in [0.5, 0.6) is 0 Å². The van der Waals surface area contributed by atoms with Crippen molar-refractivity contribution < 1.29 is 4.79 Å². The quantitative estimate of drug-likeness (QED) is 0.749. The van der Waals surface area contributed by atoms with Gasteiger partial charge in [0, 0.05) is 28.4 Å². The normalized spacial score (nSPS) is 26.7. The summed E-state index contributed by atoms with van der Waals surface area (Å²) in [4.78, 5) is 14.5. The SMILES string of the molecule is CC1(C)CC(c2cc(N3C(C)(C)CCCC3(C)C)n(C=O)c2)CC(C)(C)N1. The number of aromatic nitrogens is 1. The molecule has 2 aliphatic rings. The third kappa shape index (κ3) is 3.96. The van der Waals surface area contributed by atoms with E-state index in [0.717, 1.165) is 37.9 Å². The molecule has 4 nitrogen and oxygen atoms in total. The van der Waals surface area contributed by atoms with Gasteiger partial charge in [-0.1, -0.05) is 0 Å². The summed E-state index contributed by atoms with van der Waals surface area (Å²) in [5.74, 6) is 1.52. The fourth-order valence-electron chi connectivity index (χ4n) is 6.15. The molecule has 1 N–H and O–H groups in total. The highest BCUT2D eigenvalue weighted by molar-refractivity contribution is 5.66. The van der Waals surface area contributed by atoms with Crippen molar-refractivity contribution in [3.8, 4) is 0 Å². The summed E-state index contributed by atoms with van der Waals surface area (Å²) >= 11 is 0. The molecule has 0 bridgehead atoms. The van der Waals surface area contributed by atoms with Gasteiger partial charge in [0.05, 0.1) is 0 Å². The number of carbonyl (C=O) groups is 1. The Balaban J connectivity index is 2.02. The van der Waals surface area contributed by atoms with E-state index in [0.29, 0.717) is 5.92 Å². The van der Waals surface area contributed by atoms with Gasteiger partial charge in [-0.05, 0) is 105 Å². The highest BCUT2D eigenvalue weighted by Gasteiger charge is 2.44. The van der Waals surface area contributed by atoms with E-state index < -0.39 is 0 Å². The number of anilines is 1. The lowest BCUT2D eigenvalue weighted by atomic mass is 9.73. The zero-order chi connectivity index (χ0) is 20.3. The molecule has 0 aliphatic carbocycles. The molecule has 0 amide bonds.